The van der Waals surface area contributed by atoms with Gasteiger partial charge in [-0.25, -0.2) is 4.79 Å². The van der Waals surface area contributed by atoms with Crippen molar-refractivity contribution in [2.45, 2.75) is 18.4 Å². The lowest BCUT2D eigenvalue weighted by Gasteiger charge is -2.16. The number of ether oxygens (including phenoxy) is 1. The Morgan fingerprint density at radius 2 is 2.20 bits per heavy atom. The van der Waals surface area contributed by atoms with E-state index in [2.05, 4.69) is 0 Å². The Hall–Kier alpha value is -1.44. The Morgan fingerprint density at radius 1 is 1.47 bits per heavy atom. The molecule has 7 heteroatoms. The number of aliphatic hydroxyl groups is 2. The van der Waals surface area contributed by atoms with E-state index >= 15 is 0 Å². The second-order valence-corrected chi connectivity index (χ2v) is 3.30. The van der Waals surface area contributed by atoms with Gasteiger partial charge in [-0.05, 0) is 0 Å². The molecule has 1 aromatic heterocycles. The maximum absolute atomic E-state index is 11.3. The summed E-state index contributed by atoms with van der Waals surface area (Å²) in [5.74, 6) is 0. The minimum Gasteiger partial charge on any atom is -0.388 e. The maximum atomic E-state index is 11.3. The van der Waals surface area contributed by atoms with Crippen LogP contribution in [0.3, 0.4) is 0 Å². The van der Waals surface area contributed by atoms with Crippen molar-refractivity contribution < 1.29 is 14.9 Å². The normalized spacial score (nSPS) is 30.7. The van der Waals surface area contributed by atoms with Gasteiger partial charge in [0.1, 0.15) is 12.2 Å². The van der Waals surface area contributed by atoms with Gasteiger partial charge >= 0.3 is 5.69 Å². The first-order chi connectivity index (χ1) is 7.09. The van der Waals surface area contributed by atoms with E-state index in [-0.39, 0.29) is 6.61 Å². The Labute approximate surface area is 83.6 Å². The lowest BCUT2D eigenvalue weighted by atomic mass is 10.2. The molecule has 0 spiro atoms. The predicted octanol–water partition coefficient (Wildman–Crippen LogP) is -2.21. The first-order valence-corrected chi connectivity index (χ1v) is 4.39. The largest absolute Gasteiger partial charge is 0.388 e. The minimum absolute atomic E-state index is 0.0442. The van der Waals surface area contributed by atoms with Crippen LogP contribution in [0.2, 0.25) is 0 Å². The molecule has 3 N–H and O–H groups in total. The van der Waals surface area contributed by atoms with Gasteiger partial charge in [0.25, 0.3) is 5.56 Å². The van der Waals surface area contributed by atoms with Crippen LogP contribution in [0.5, 0.6) is 0 Å². The molecule has 0 saturated carbocycles. The SMILES string of the molecule is O=c1ccn(C2OC[C@@H](O)[C@H]2O)c(=O)[nH]1. The van der Waals surface area contributed by atoms with Crippen molar-refractivity contribution >= 4 is 0 Å². The molecule has 7 nitrogen and oxygen atoms in total. The lowest BCUT2D eigenvalue weighted by Crippen LogP contribution is -2.37. The molecule has 82 valence electrons. The van der Waals surface area contributed by atoms with E-state index in [1.165, 1.54) is 6.20 Å². The van der Waals surface area contributed by atoms with Crippen LogP contribution in [0.1, 0.15) is 6.23 Å². The van der Waals surface area contributed by atoms with E-state index in [1.807, 2.05) is 4.98 Å². The van der Waals surface area contributed by atoms with E-state index in [1.54, 1.807) is 0 Å². The van der Waals surface area contributed by atoms with E-state index in [4.69, 9.17) is 4.74 Å². The Bertz CT molecular complexity index is 465. The molecule has 0 radical (unpaired) electrons. The highest BCUT2D eigenvalue weighted by atomic mass is 16.5. The molecule has 0 aromatic carbocycles. The maximum Gasteiger partial charge on any atom is 0.330 e. The van der Waals surface area contributed by atoms with Crippen LogP contribution >= 0.6 is 0 Å². The molecule has 0 bridgehead atoms. The molecule has 15 heavy (non-hydrogen) atoms. The van der Waals surface area contributed by atoms with Gasteiger partial charge in [0.2, 0.25) is 0 Å². The molecular weight excluding hydrogens is 204 g/mol. The molecule has 1 aliphatic heterocycles. The van der Waals surface area contributed by atoms with E-state index in [0.717, 1.165) is 10.6 Å². The Morgan fingerprint density at radius 3 is 2.73 bits per heavy atom. The van der Waals surface area contributed by atoms with Crippen LogP contribution in [0, 0.1) is 0 Å². The number of hydrogen-bond donors (Lipinski definition) is 3. The molecule has 1 fully saturated rings. The first kappa shape index (κ1) is 10.1. The number of nitrogens with zero attached hydrogens (tertiary/aromatic N) is 1. The summed E-state index contributed by atoms with van der Waals surface area (Å²) in [7, 11) is 0. The third-order valence-corrected chi connectivity index (χ3v) is 2.25. The zero-order chi connectivity index (χ0) is 11.0. The van der Waals surface area contributed by atoms with Crippen LogP contribution < -0.4 is 11.2 Å². The highest BCUT2D eigenvalue weighted by Crippen LogP contribution is 2.21. The summed E-state index contributed by atoms with van der Waals surface area (Å²) in [5.41, 5.74) is -1.20. The number of H-pyrrole nitrogens is 1. The third kappa shape index (κ3) is 1.72. The van der Waals surface area contributed by atoms with Gasteiger partial charge in [0.15, 0.2) is 6.23 Å². The van der Waals surface area contributed by atoms with Crippen molar-refractivity contribution in [3.05, 3.63) is 33.1 Å². The van der Waals surface area contributed by atoms with Gasteiger partial charge in [0, 0.05) is 12.3 Å². The van der Waals surface area contributed by atoms with Gasteiger partial charge in [-0.15, -0.1) is 0 Å². The van der Waals surface area contributed by atoms with E-state index < -0.39 is 29.7 Å². The topological polar surface area (TPSA) is 105 Å². The second kappa shape index (κ2) is 3.61. The number of aromatic amines is 1. The number of aromatic nitrogens is 2. The van der Waals surface area contributed by atoms with Crippen LogP contribution in [0.4, 0.5) is 0 Å². The molecule has 1 saturated heterocycles. The van der Waals surface area contributed by atoms with E-state index in [0.29, 0.717) is 0 Å². The minimum atomic E-state index is -1.17. The van der Waals surface area contributed by atoms with E-state index in [9.17, 15) is 19.8 Å². The fourth-order valence-electron chi connectivity index (χ4n) is 1.46. The summed E-state index contributed by atoms with van der Waals surface area (Å²) in [6.07, 6.45) is -1.93. The van der Waals surface area contributed by atoms with Crippen molar-refractivity contribution in [1.82, 2.24) is 9.55 Å². The molecular formula is C8H10N2O5. The van der Waals surface area contributed by atoms with Crippen molar-refractivity contribution in [2.75, 3.05) is 6.61 Å². The fraction of sp³-hybridized carbons (Fsp3) is 0.500. The molecule has 2 heterocycles. The van der Waals surface area contributed by atoms with Gasteiger partial charge in [-0.1, -0.05) is 0 Å². The van der Waals surface area contributed by atoms with Crippen molar-refractivity contribution in [2.24, 2.45) is 0 Å². The van der Waals surface area contributed by atoms with Crippen LogP contribution in [0.15, 0.2) is 21.9 Å². The Balaban J connectivity index is 2.39. The summed E-state index contributed by atoms with van der Waals surface area (Å²) < 4.78 is 6.06. The molecule has 0 amide bonds. The molecule has 1 unspecified atom stereocenters. The summed E-state index contributed by atoms with van der Waals surface area (Å²) in [5, 5.41) is 18.7. The smallest absolute Gasteiger partial charge is 0.330 e. The molecule has 1 aromatic rings. The fourth-order valence-corrected chi connectivity index (χ4v) is 1.46. The summed E-state index contributed by atoms with van der Waals surface area (Å²) in [4.78, 5) is 24.1. The zero-order valence-electron chi connectivity index (χ0n) is 7.66. The standard InChI is InChI=1S/C8H10N2O5/c11-4-3-15-7(6(4)13)10-2-1-5(12)9-8(10)14/h1-2,4,6-7,11,13H,3H2,(H,9,12,14)/t4-,6-,7?/m1/s1. The summed E-state index contributed by atoms with van der Waals surface area (Å²) in [6.45, 7) is -0.0442. The monoisotopic (exact) mass is 214 g/mol. The summed E-state index contributed by atoms with van der Waals surface area (Å²) >= 11 is 0. The first-order valence-electron chi connectivity index (χ1n) is 4.39. The van der Waals surface area contributed by atoms with Crippen LogP contribution in [0.25, 0.3) is 0 Å². The highest BCUT2D eigenvalue weighted by molar-refractivity contribution is 4.89. The zero-order valence-corrected chi connectivity index (χ0v) is 7.66. The molecule has 1 aliphatic rings. The van der Waals surface area contributed by atoms with Gasteiger partial charge in [-0.3, -0.25) is 14.3 Å². The van der Waals surface area contributed by atoms with Gasteiger partial charge in [0.05, 0.1) is 6.61 Å². The quantitative estimate of drug-likeness (QED) is 0.491. The molecule has 0 aliphatic carbocycles. The number of nitrogens with one attached hydrogen (secondary N) is 1. The van der Waals surface area contributed by atoms with Crippen molar-refractivity contribution in [1.29, 1.82) is 0 Å². The average molecular weight is 214 g/mol. The van der Waals surface area contributed by atoms with Gasteiger partial charge < -0.3 is 14.9 Å². The van der Waals surface area contributed by atoms with Crippen LogP contribution in [-0.4, -0.2) is 38.6 Å². The van der Waals surface area contributed by atoms with Crippen molar-refractivity contribution in [3.63, 3.8) is 0 Å². The Kier molecular flexibility index (Phi) is 2.43. The third-order valence-electron chi connectivity index (χ3n) is 2.25. The summed E-state index contributed by atoms with van der Waals surface area (Å²) in [6, 6.07) is 1.14. The second-order valence-electron chi connectivity index (χ2n) is 3.30. The number of rotatable bonds is 1. The average Bonchev–Trinajstić information content (AvgIpc) is 2.49. The predicted molar refractivity (Wildman–Crippen MR) is 48.3 cm³/mol. The molecule has 3 atom stereocenters. The number of aliphatic hydroxyl groups excluding tert-OH is 2. The lowest BCUT2D eigenvalue weighted by molar-refractivity contribution is -0.0212. The highest BCUT2D eigenvalue weighted by Gasteiger charge is 2.36. The van der Waals surface area contributed by atoms with Crippen LogP contribution in [-0.2, 0) is 4.74 Å². The van der Waals surface area contributed by atoms with Gasteiger partial charge in [-0.2, -0.15) is 0 Å². The van der Waals surface area contributed by atoms with Crippen molar-refractivity contribution in [3.8, 4) is 0 Å². The number of hydrogen-bond acceptors (Lipinski definition) is 5. The molecule has 2 rings (SSSR count).